The van der Waals surface area contributed by atoms with E-state index in [1.807, 2.05) is 0 Å². The largest absolute Gasteiger partial charge is 1.00 e. The van der Waals surface area contributed by atoms with Gasteiger partial charge in [0.25, 0.3) is 0 Å². The predicted octanol–water partition coefficient (Wildman–Crippen LogP) is 1.44. The summed E-state index contributed by atoms with van der Waals surface area (Å²) in [6.07, 6.45) is 2.07. The third kappa shape index (κ3) is 3.77. The molecule has 0 aromatic heterocycles. The van der Waals surface area contributed by atoms with Crippen LogP contribution in [0.2, 0.25) is 0 Å². The molecule has 0 aliphatic carbocycles. The van der Waals surface area contributed by atoms with Gasteiger partial charge in [-0.05, 0) is 11.1 Å². The molecule has 0 atom stereocenters. The molecule has 0 saturated carbocycles. The topological polar surface area (TPSA) is 0 Å². The molecule has 0 unspecified atom stereocenters. The Bertz CT molecular complexity index is 369. The number of benzene rings is 2. The fourth-order valence-corrected chi connectivity index (χ4v) is 2.10. The summed E-state index contributed by atoms with van der Waals surface area (Å²) in [4.78, 5) is 0. The van der Waals surface area contributed by atoms with Crippen molar-refractivity contribution < 1.29 is 18.9 Å². The van der Waals surface area contributed by atoms with Crippen molar-refractivity contribution in [1.82, 2.24) is 0 Å². The zero-order valence-electron chi connectivity index (χ0n) is 10.5. The van der Waals surface area contributed by atoms with Crippen LogP contribution >= 0.6 is 0 Å². The van der Waals surface area contributed by atoms with Gasteiger partial charge >= 0.3 is 18.9 Å². The summed E-state index contributed by atoms with van der Waals surface area (Å²) in [7, 11) is 0. The van der Waals surface area contributed by atoms with Crippen LogP contribution in [0.5, 0.6) is 0 Å². The van der Waals surface area contributed by atoms with Gasteiger partial charge in [-0.3, -0.25) is 0 Å². The van der Waals surface area contributed by atoms with Gasteiger partial charge in [-0.2, -0.15) is 6.42 Å². The van der Waals surface area contributed by atoms with Crippen LogP contribution in [-0.4, -0.2) is 0 Å². The standard InChI is InChI=1S/C16H17.Li/c1-2-9-16(14-10-5-3-6-11-14)15-12-7-4-8-13-15;/h3-8,10-13,16H,1-2,9H2;/q-1;+1. The Morgan fingerprint density at radius 3 is 1.53 bits per heavy atom. The van der Waals surface area contributed by atoms with Gasteiger partial charge in [0, 0.05) is 5.92 Å². The van der Waals surface area contributed by atoms with Gasteiger partial charge in [0.1, 0.15) is 0 Å². The summed E-state index contributed by atoms with van der Waals surface area (Å²) < 4.78 is 0. The Labute approximate surface area is 116 Å². The van der Waals surface area contributed by atoms with Gasteiger partial charge in [0.2, 0.25) is 0 Å². The smallest absolute Gasteiger partial charge is 0.343 e. The normalized spacial score (nSPS) is 10.0. The van der Waals surface area contributed by atoms with Crippen molar-refractivity contribution in [2.75, 3.05) is 0 Å². The second-order valence-electron chi connectivity index (χ2n) is 4.02. The molecule has 0 fully saturated rings. The van der Waals surface area contributed by atoms with E-state index in [4.69, 9.17) is 0 Å². The molecule has 1 heteroatoms. The van der Waals surface area contributed by atoms with Crippen molar-refractivity contribution in [2.45, 2.75) is 18.8 Å². The fraction of sp³-hybridized carbons (Fsp3) is 0.188. The van der Waals surface area contributed by atoms with Crippen LogP contribution in [0.1, 0.15) is 29.9 Å². The zero-order valence-corrected chi connectivity index (χ0v) is 10.5. The Kier molecular flexibility index (Phi) is 6.12. The third-order valence-corrected chi connectivity index (χ3v) is 2.90. The first-order valence-electron chi connectivity index (χ1n) is 5.81. The van der Waals surface area contributed by atoms with E-state index < -0.39 is 0 Å². The van der Waals surface area contributed by atoms with Crippen molar-refractivity contribution in [2.24, 2.45) is 0 Å². The molecule has 0 N–H and O–H groups in total. The van der Waals surface area contributed by atoms with E-state index in [-0.39, 0.29) is 18.9 Å². The summed E-state index contributed by atoms with van der Waals surface area (Å²) in [6, 6.07) is 21.4. The summed E-state index contributed by atoms with van der Waals surface area (Å²) in [5.74, 6) is 0.486. The summed E-state index contributed by atoms with van der Waals surface area (Å²) in [5.41, 5.74) is 2.77. The van der Waals surface area contributed by atoms with E-state index in [9.17, 15) is 0 Å². The van der Waals surface area contributed by atoms with Gasteiger partial charge in [-0.1, -0.05) is 67.1 Å². The second-order valence-corrected chi connectivity index (χ2v) is 4.02. The average Bonchev–Trinajstić information content (AvgIpc) is 2.38. The number of hydrogen-bond acceptors (Lipinski definition) is 0. The van der Waals surface area contributed by atoms with Gasteiger partial charge in [-0.25, -0.2) is 0 Å². The Balaban J connectivity index is 0.00000144. The minimum Gasteiger partial charge on any atom is -0.343 e. The van der Waals surface area contributed by atoms with Crippen LogP contribution in [0.3, 0.4) is 0 Å². The summed E-state index contributed by atoms with van der Waals surface area (Å²) in [5, 5.41) is 0. The SMILES string of the molecule is [CH2-]CCC(c1ccccc1)c1ccccc1.[Li+]. The van der Waals surface area contributed by atoms with E-state index >= 15 is 0 Å². The molecule has 0 spiro atoms. The van der Waals surface area contributed by atoms with Crippen LogP contribution in [-0.2, 0) is 0 Å². The van der Waals surface area contributed by atoms with Gasteiger partial charge < -0.3 is 6.92 Å². The molecule has 0 aliphatic heterocycles. The molecule has 0 heterocycles. The van der Waals surface area contributed by atoms with Crippen LogP contribution in [0.15, 0.2) is 60.7 Å². The monoisotopic (exact) mass is 216 g/mol. The van der Waals surface area contributed by atoms with Gasteiger partial charge in [0.15, 0.2) is 0 Å². The van der Waals surface area contributed by atoms with E-state index in [1.54, 1.807) is 0 Å². The van der Waals surface area contributed by atoms with Gasteiger partial charge in [-0.15, -0.1) is 0 Å². The van der Waals surface area contributed by atoms with Crippen molar-refractivity contribution in [3.05, 3.63) is 78.7 Å². The molecule has 17 heavy (non-hydrogen) atoms. The Morgan fingerprint density at radius 1 is 0.765 bits per heavy atom. The maximum absolute atomic E-state index is 3.98. The first-order valence-corrected chi connectivity index (χ1v) is 5.81. The molecule has 82 valence electrons. The first-order chi connectivity index (χ1) is 7.92. The number of rotatable bonds is 4. The summed E-state index contributed by atoms with van der Waals surface area (Å²) in [6.45, 7) is 3.98. The predicted molar refractivity (Wildman–Crippen MR) is 69.3 cm³/mol. The van der Waals surface area contributed by atoms with Crippen molar-refractivity contribution in [3.63, 3.8) is 0 Å². The molecule has 0 aliphatic rings. The minimum atomic E-state index is 0. The minimum absolute atomic E-state index is 0. The molecule has 0 nitrogen and oxygen atoms in total. The van der Waals surface area contributed by atoms with Crippen LogP contribution < -0.4 is 18.9 Å². The van der Waals surface area contributed by atoms with Gasteiger partial charge in [0.05, 0.1) is 0 Å². The van der Waals surface area contributed by atoms with Crippen LogP contribution in [0.4, 0.5) is 0 Å². The molecule has 2 aromatic rings. The fourth-order valence-electron chi connectivity index (χ4n) is 2.10. The van der Waals surface area contributed by atoms with E-state index in [1.165, 1.54) is 11.1 Å². The first kappa shape index (κ1) is 14.1. The third-order valence-electron chi connectivity index (χ3n) is 2.90. The Hall–Kier alpha value is -0.963. The maximum atomic E-state index is 3.98. The quantitative estimate of drug-likeness (QED) is 0.536. The Morgan fingerprint density at radius 2 is 1.18 bits per heavy atom. The van der Waals surface area contributed by atoms with E-state index in [0.717, 1.165) is 12.8 Å². The van der Waals surface area contributed by atoms with Crippen molar-refractivity contribution in [1.29, 1.82) is 0 Å². The average molecular weight is 216 g/mol. The molecule has 2 aromatic carbocycles. The zero-order chi connectivity index (χ0) is 11.2. The summed E-state index contributed by atoms with van der Waals surface area (Å²) >= 11 is 0. The van der Waals surface area contributed by atoms with Crippen LogP contribution in [0, 0.1) is 6.92 Å². The maximum Gasteiger partial charge on any atom is 1.00 e. The van der Waals surface area contributed by atoms with Crippen molar-refractivity contribution in [3.8, 4) is 0 Å². The van der Waals surface area contributed by atoms with Crippen molar-refractivity contribution >= 4 is 0 Å². The second kappa shape index (κ2) is 7.38. The molecule has 2 rings (SSSR count). The van der Waals surface area contributed by atoms with E-state index in [0.29, 0.717) is 5.92 Å². The molecular weight excluding hydrogens is 199 g/mol. The number of hydrogen-bond donors (Lipinski definition) is 0. The van der Waals surface area contributed by atoms with E-state index in [2.05, 4.69) is 67.6 Å². The molecule has 0 radical (unpaired) electrons. The molecular formula is C16H17Li. The van der Waals surface area contributed by atoms with Crippen LogP contribution in [0.25, 0.3) is 0 Å². The molecule has 0 amide bonds. The molecule has 0 bridgehead atoms. The molecule has 0 saturated heterocycles.